The molecule has 2 aliphatic heterocycles. The molecule has 0 bridgehead atoms. The molecule has 2 fully saturated rings. The minimum absolute atomic E-state index is 0.123. The summed E-state index contributed by atoms with van der Waals surface area (Å²) in [5.74, 6) is -1.41. The van der Waals surface area contributed by atoms with Crippen LogP contribution in [0.3, 0.4) is 0 Å². The molecule has 0 spiro atoms. The van der Waals surface area contributed by atoms with E-state index >= 15 is 0 Å². The highest BCUT2D eigenvalue weighted by Gasteiger charge is 2.49. The molecule has 2 heterocycles. The lowest BCUT2D eigenvalue weighted by Crippen LogP contribution is -2.73. The average molecular weight is 349 g/mol. The van der Waals surface area contributed by atoms with Gasteiger partial charge in [-0.05, 0) is 24.4 Å². The van der Waals surface area contributed by atoms with Crippen LogP contribution in [-0.4, -0.2) is 78.1 Å². The van der Waals surface area contributed by atoms with Gasteiger partial charge in [0.1, 0.15) is 23.2 Å². The number of nitrogens with zero attached hydrogens (tertiary/aromatic N) is 1. The Labute approximate surface area is 146 Å². The molecule has 25 heavy (non-hydrogen) atoms. The van der Waals surface area contributed by atoms with Gasteiger partial charge in [0.15, 0.2) is 0 Å². The standard InChI is InChI=1S/C16H22BN2O6/c18-7-16(8-24-9-16)19-5-11(6-19)25-12-2-1-10(3-4-17-23)14(20)13(12)15(21)22/h1-2,11,20,23H,3-9,18H2,(H,21,22). The molecular formula is C16H22BN2O6. The van der Waals surface area contributed by atoms with Crippen molar-refractivity contribution < 1.29 is 29.5 Å². The summed E-state index contributed by atoms with van der Waals surface area (Å²) in [6, 6.07) is 3.18. The minimum Gasteiger partial charge on any atom is -0.507 e. The third-order valence-electron chi connectivity index (χ3n) is 4.91. The number of hydrogen-bond donors (Lipinski definition) is 4. The van der Waals surface area contributed by atoms with E-state index in [2.05, 4.69) is 4.90 Å². The van der Waals surface area contributed by atoms with Crippen molar-refractivity contribution in [3.8, 4) is 11.5 Å². The van der Waals surface area contributed by atoms with Crippen LogP contribution in [-0.2, 0) is 11.2 Å². The molecule has 0 atom stereocenters. The molecule has 3 rings (SSSR count). The maximum Gasteiger partial charge on any atom is 0.343 e. The van der Waals surface area contributed by atoms with E-state index in [1.54, 1.807) is 12.1 Å². The van der Waals surface area contributed by atoms with Gasteiger partial charge in [-0.3, -0.25) is 4.90 Å². The Kier molecular flexibility index (Phi) is 5.19. The number of aromatic hydroxyl groups is 1. The SMILES string of the molecule is NCC1(N2CC(Oc3ccc(CC[B]O)c(O)c3C(=O)O)C2)COC1. The molecule has 135 valence electrons. The number of phenols is 1. The normalized spacial score (nSPS) is 19.8. The zero-order chi connectivity index (χ0) is 18.0. The maximum atomic E-state index is 11.5. The second-order valence-corrected chi connectivity index (χ2v) is 6.54. The number of aromatic carboxylic acids is 1. The first kappa shape index (κ1) is 18.0. The van der Waals surface area contributed by atoms with Crippen molar-refractivity contribution in [2.75, 3.05) is 32.8 Å². The van der Waals surface area contributed by atoms with E-state index in [4.69, 9.17) is 20.2 Å². The Morgan fingerprint density at radius 1 is 1.44 bits per heavy atom. The van der Waals surface area contributed by atoms with E-state index in [-0.39, 0.29) is 28.7 Å². The van der Waals surface area contributed by atoms with Crippen molar-refractivity contribution in [3.63, 3.8) is 0 Å². The van der Waals surface area contributed by atoms with Crippen LogP contribution in [0.25, 0.3) is 0 Å². The number of benzene rings is 1. The molecule has 0 amide bonds. The van der Waals surface area contributed by atoms with Crippen LogP contribution in [0.1, 0.15) is 15.9 Å². The molecule has 0 unspecified atom stereocenters. The fraction of sp³-hybridized carbons (Fsp3) is 0.562. The van der Waals surface area contributed by atoms with Gasteiger partial charge in [0, 0.05) is 19.6 Å². The number of aryl methyl sites for hydroxylation is 1. The predicted molar refractivity (Wildman–Crippen MR) is 90.1 cm³/mol. The molecule has 1 aromatic rings. The van der Waals surface area contributed by atoms with Crippen molar-refractivity contribution in [3.05, 3.63) is 23.3 Å². The van der Waals surface area contributed by atoms with Crippen LogP contribution in [0.5, 0.6) is 11.5 Å². The van der Waals surface area contributed by atoms with Gasteiger partial charge >= 0.3 is 5.97 Å². The highest BCUT2D eigenvalue weighted by molar-refractivity contribution is 6.25. The Bertz CT molecular complexity index is 640. The number of rotatable bonds is 8. The number of ether oxygens (including phenoxy) is 2. The van der Waals surface area contributed by atoms with Crippen molar-refractivity contribution in [1.82, 2.24) is 4.90 Å². The summed E-state index contributed by atoms with van der Waals surface area (Å²) in [6.45, 7) is 3.00. The first-order chi connectivity index (χ1) is 12.0. The van der Waals surface area contributed by atoms with Gasteiger partial charge in [0.25, 0.3) is 7.48 Å². The van der Waals surface area contributed by atoms with Crippen LogP contribution in [0.2, 0.25) is 6.32 Å². The quantitative estimate of drug-likeness (QED) is 0.461. The summed E-state index contributed by atoms with van der Waals surface area (Å²) in [5, 5.41) is 28.4. The summed E-state index contributed by atoms with van der Waals surface area (Å²) >= 11 is 0. The minimum atomic E-state index is -1.25. The van der Waals surface area contributed by atoms with Gasteiger partial charge in [-0.15, -0.1) is 0 Å². The number of carbonyl (C=O) groups is 1. The predicted octanol–water partition coefficient (Wildman–Crippen LogP) is -0.547. The number of hydrogen-bond acceptors (Lipinski definition) is 7. The molecular weight excluding hydrogens is 327 g/mol. The van der Waals surface area contributed by atoms with Crippen molar-refractivity contribution >= 4 is 13.5 Å². The van der Waals surface area contributed by atoms with E-state index in [1.165, 1.54) is 0 Å². The van der Waals surface area contributed by atoms with Gasteiger partial charge in [-0.2, -0.15) is 0 Å². The van der Waals surface area contributed by atoms with Gasteiger partial charge in [0.2, 0.25) is 0 Å². The Morgan fingerprint density at radius 2 is 2.16 bits per heavy atom. The Balaban J connectivity index is 1.68. The van der Waals surface area contributed by atoms with E-state index in [9.17, 15) is 15.0 Å². The lowest BCUT2D eigenvalue weighted by atomic mass is 9.89. The third-order valence-corrected chi connectivity index (χ3v) is 4.91. The number of carboxylic acids is 1. The van der Waals surface area contributed by atoms with Gasteiger partial charge < -0.3 is 30.4 Å². The van der Waals surface area contributed by atoms with Gasteiger partial charge in [-0.25, -0.2) is 4.79 Å². The number of likely N-dealkylation sites (tertiary alicyclic amines) is 1. The van der Waals surface area contributed by atoms with E-state index in [0.717, 1.165) is 7.48 Å². The van der Waals surface area contributed by atoms with Crippen LogP contribution in [0.4, 0.5) is 0 Å². The van der Waals surface area contributed by atoms with E-state index < -0.39 is 5.97 Å². The Hall–Kier alpha value is -1.81. The fourth-order valence-corrected chi connectivity index (χ4v) is 3.19. The molecule has 5 N–H and O–H groups in total. The average Bonchev–Trinajstić information content (AvgIpc) is 2.50. The molecule has 9 heteroatoms. The molecule has 2 saturated heterocycles. The highest BCUT2D eigenvalue weighted by atomic mass is 16.5. The molecule has 1 aromatic carbocycles. The summed E-state index contributed by atoms with van der Waals surface area (Å²) in [4.78, 5) is 13.7. The van der Waals surface area contributed by atoms with Crippen LogP contribution in [0, 0.1) is 0 Å². The smallest absolute Gasteiger partial charge is 0.343 e. The fourth-order valence-electron chi connectivity index (χ4n) is 3.19. The molecule has 0 aliphatic carbocycles. The summed E-state index contributed by atoms with van der Waals surface area (Å²) < 4.78 is 11.1. The largest absolute Gasteiger partial charge is 0.507 e. The van der Waals surface area contributed by atoms with Crippen molar-refractivity contribution in [1.29, 1.82) is 0 Å². The van der Waals surface area contributed by atoms with Gasteiger partial charge in [0.05, 0.1) is 18.8 Å². The molecule has 2 aliphatic rings. The van der Waals surface area contributed by atoms with Crippen LogP contribution >= 0.6 is 0 Å². The molecule has 0 aromatic heterocycles. The van der Waals surface area contributed by atoms with Crippen molar-refractivity contribution in [2.24, 2.45) is 5.73 Å². The second kappa shape index (κ2) is 7.21. The van der Waals surface area contributed by atoms with Crippen LogP contribution in [0.15, 0.2) is 12.1 Å². The molecule has 0 saturated carbocycles. The topological polar surface area (TPSA) is 125 Å². The monoisotopic (exact) mass is 349 g/mol. The van der Waals surface area contributed by atoms with Crippen molar-refractivity contribution in [2.45, 2.75) is 24.4 Å². The number of carboxylic acid groups (broad SMARTS) is 1. The van der Waals surface area contributed by atoms with E-state index in [1.807, 2.05) is 0 Å². The lowest BCUT2D eigenvalue weighted by molar-refractivity contribution is -0.176. The lowest BCUT2D eigenvalue weighted by Gasteiger charge is -2.55. The highest BCUT2D eigenvalue weighted by Crippen LogP contribution is 2.35. The summed E-state index contributed by atoms with van der Waals surface area (Å²) in [5.41, 5.74) is 5.92. The summed E-state index contributed by atoms with van der Waals surface area (Å²) in [7, 11) is 0.977. The molecule has 8 nitrogen and oxygen atoms in total. The molecule has 1 radical (unpaired) electrons. The number of nitrogens with two attached hydrogens (primary N) is 1. The van der Waals surface area contributed by atoms with Crippen LogP contribution < -0.4 is 10.5 Å². The van der Waals surface area contributed by atoms with Gasteiger partial charge in [-0.1, -0.05) is 6.07 Å². The zero-order valence-corrected chi connectivity index (χ0v) is 13.9. The first-order valence-electron chi connectivity index (χ1n) is 8.24. The maximum absolute atomic E-state index is 11.5. The second-order valence-electron chi connectivity index (χ2n) is 6.54. The summed E-state index contributed by atoms with van der Waals surface area (Å²) in [6.07, 6.45) is 0.519. The first-order valence-corrected chi connectivity index (χ1v) is 8.24. The van der Waals surface area contributed by atoms with E-state index in [0.29, 0.717) is 51.2 Å². The Morgan fingerprint density at radius 3 is 2.68 bits per heavy atom. The zero-order valence-electron chi connectivity index (χ0n) is 13.9. The third kappa shape index (κ3) is 3.32.